The lowest BCUT2D eigenvalue weighted by atomic mass is 9.92. The number of anilines is 1. The Morgan fingerprint density at radius 3 is 2.76 bits per heavy atom. The number of aliphatic hydroxyl groups is 1. The van der Waals surface area contributed by atoms with E-state index in [1.807, 2.05) is 17.9 Å². The summed E-state index contributed by atoms with van der Waals surface area (Å²) in [7, 11) is 1.94. The minimum absolute atomic E-state index is 0.186. The molecule has 1 saturated carbocycles. The van der Waals surface area contributed by atoms with Crippen LogP contribution in [-0.4, -0.2) is 27.0 Å². The zero-order valence-corrected chi connectivity index (χ0v) is 11.0. The van der Waals surface area contributed by atoms with E-state index in [4.69, 9.17) is 0 Å². The van der Waals surface area contributed by atoms with Crippen molar-refractivity contribution in [3.63, 3.8) is 0 Å². The molecule has 1 aliphatic rings. The molecule has 2 rings (SSSR count). The molecular weight excluding hydrogens is 214 g/mol. The van der Waals surface area contributed by atoms with Gasteiger partial charge in [-0.2, -0.15) is 5.10 Å². The second-order valence-corrected chi connectivity index (χ2v) is 5.36. The summed E-state index contributed by atoms with van der Waals surface area (Å²) in [6.07, 6.45) is 6.10. The molecule has 0 unspecified atom stereocenters. The summed E-state index contributed by atoms with van der Waals surface area (Å²) in [4.78, 5) is 0. The van der Waals surface area contributed by atoms with Gasteiger partial charge in [0.15, 0.2) is 0 Å². The molecule has 2 N–H and O–H groups in total. The van der Waals surface area contributed by atoms with E-state index < -0.39 is 0 Å². The lowest BCUT2D eigenvalue weighted by molar-refractivity contribution is 0.116. The molecule has 1 aromatic heterocycles. The van der Waals surface area contributed by atoms with Crippen LogP contribution in [0.15, 0.2) is 6.20 Å². The monoisotopic (exact) mass is 237 g/mol. The number of aromatic nitrogens is 2. The second-order valence-electron chi connectivity index (χ2n) is 5.36. The Morgan fingerprint density at radius 1 is 1.41 bits per heavy atom. The minimum atomic E-state index is -0.219. The van der Waals surface area contributed by atoms with Crippen LogP contribution in [0.2, 0.25) is 0 Å². The molecule has 4 nitrogen and oxygen atoms in total. The van der Waals surface area contributed by atoms with Gasteiger partial charge in [0.25, 0.3) is 0 Å². The summed E-state index contributed by atoms with van der Waals surface area (Å²) in [5.74, 6) is 0.402. The maximum Gasteiger partial charge on any atom is 0.0881 e. The summed E-state index contributed by atoms with van der Waals surface area (Å²) in [6.45, 7) is 4.29. The first-order valence-corrected chi connectivity index (χ1v) is 6.56. The number of nitrogens with one attached hydrogen (secondary N) is 1. The van der Waals surface area contributed by atoms with E-state index >= 15 is 0 Å². The quantitative estimate of drug-likeness (QED) is 0.848. The van der Waals surface area contributed by atoms with Crippen LogP contribution in [0.4, 0.5) is 5.69 Å². The van der Waals surface area contributed by atoms with Crippen LogP contribution in [0.3, 0.4) is 0 Å². The molecule has 0 bridgehead atoms. The van der Waals surface area contributed by atoms with Crippen molar-refractivity contribution < 1.29 is 5.11 Å². The zero-order chi connectivity index (χ0) is 12.4. The highest BCUT2D eigenvalue weighted by Crippen LogP contribution is 2.27. The molecule has 0 saturated heterocycles. The van der Waals surface area contributed by atoms with Gasteiger partial charge in [-0.3, -0.25) is 4.68 Å². The Morgan fingerprint density at radius 2 is 2.12 bits per heavy atom. The van der Waals surface area contributed by atoms with Gasteiger partial charge in [0.05, 0.1) is 23.5 Å². The van der Waals surface area contributed by atoms with Crippen LogP contribution in [0.1, 0.15) is 51.1 Å². The number of rotatable bonds is 3. The van der Waals surface area contributed by atoms with Gasteiger partial charge < -0.3 is 10.4 Å². The van der Waals surface area contributed by atoms with E-state index in [2.05, 4.69) is 24.3 Å². The van der Waals surface area contributed by atoms with Crippen molar-refractivity contribution >= 4 is 5.69 Å². The molecule has 0 amide bonds. The molecule has 0 aliphatic heterocycles. The van der Waals surface area contributed by atoms with Crippen molar-refractivity contribution in [3.8, 4) is 0 Å². The van der Waals surface area contributed by atoms with Crippen molar-refractivity contribution in [1.29, 1.82) is 0 Å². The predicted molar refractivity (Wildman–Crippen MR) is 69.2 cm³/mol. The molecule has 0 spiro atoms. The molecule has 1 heterocycles. The van der Waals surface area contributed by atoms with Crippen LogP contribution in [0.5, 0.6) is 0 Å². The standard InChI is InChI=1S/C13H23N3O/c1-9(2)13-11(8-16(3)15-13)14-10-6-4-5-7-12(10)17/h8-10,12,14,17H,4-7H2,1-3H3/t10-,12-/m0/s1. The van der Waals surface area contributed by atoms with Crippen molar-refractivity contribution in [2.75, 3.05) is 5.32 Å². The first-order chi connectivity index (χ1) is 8.08. The number of aliphatic hydroxyl groups excluding tert-OH is 1. The summed E-state index contributed by atoms with van der Waals surface area (Å²) >= 11 is 0. The molecule has 17 heavy (non-hydrogen) atoms. The highest BCUT2D eigenvalue weighted by molar-refractivity contribution is 5.48. The van der Waals surface area contributed by atoms with Crippen LogP contribution < -0.4 is 5.32 Å². The fourth-order valence-electron chi connectivity index (χ4n) is 2.52. The highest BCUT2D eigenvalue weighted by atomic mass is 16.3. The molecule has 0 radical (unpaired) electrons. The normalized spacial score (nSPS) is 25.2. The Kier molecular flexibility index (Phi) is 3.72. The van der Waals surface area contributed by atoms with E-state index in [9.17, 15) is 5.11 Å². The first-order valence-electron chi connectivity index (χ1n) is 6.56. The zero-order valence-electron chi connectivity index (χ0n) is 11.0. The lowest BCUT2D eigenvalue weighted by Gasteiger charge is -2.29. The predicted octanol–water partition coefficient (Wildman–Crippen LogP) is 2.26. The van der Waals surface area contributed by atoms with E-state index in [1.54, 1.807) is 0 Å². The smallest absolute Gasteiger partial charge is 0.0881 e. The molecule has 96 valence electrons. The van der Waals surface area contributed by atoms with Gasteiger partial charge in [0, 0.05) is 13.2 Å². The SMILES string of the molecule is CC(C)c1nn(C)cc1N[C@H]1CCCC[C@@H]1O. The Hall–Kier alpha value is -1.03. The second kappa shape index (κ2) is 5.08. The molecule has 4 heteroatoms. The van der Waals surface area contributed by atoms with Crippen LogP contribution in [0.25, 0.3) is 0 Å². The third-order valence-electron chi connectivity index (χ3n) is 3.47. The number of aryl methyl sites for hydroxylation is 1. The van der Waals surface area contributed by atoms with Gasteiger partial charge in [-0.05, 0) is 18.8 Å². The average molecular weight is 237 g/mol. The first kappa shape index (κ1) is 12.4. The number of hydrogen-bond donors (Lipinski definition) is 2. The van der Waals surface area contributed by atoms with E-state index in [-0.39, 0.29) is 12.1 Å². The average Bonchev–Trinajstić information content (AvgIpc) is 2.63. The maximum atomic E-state index is 9.98. The molecule has 0 aromatic carbocycles. The molecule has 2 atom stereocenters. The van der Waals surface area contributed by atoms with Gasteiger partial charge in [0.2, 0.25) is 0 Å². The van der Waals surface area contributed by atoms with Gasteiger partial charge in [0.1, 0.15) is 0 Å². The maximum absolute atomic E-state index is 9.98. The van der Waals surface area contributed by atoms with E-state index in [0.29, 0.717) is 5.92 Å². The minimum Gasteiger partial charge on any atom is -0.391 e. The number of nitrogens with zero attached hydrogens (tertiary/aromatic N) is 2. The van der Waals surface area contributed by atoms with Crippen molar-refractivity contribution in [2.24, 2.45) is 7.05 Å². The van der Waals surface area contributed by atoms with Crippen LogP contribution >= 0.6 is 0 Å². The summed E-state index contributed by atoms with van der Waals surface area (Å²) in [5.41, 5.74) is 2.17. The van der Waals surface area contributed by atoms with E-state index in [0.717, 1.165) is 30.6 Å². The molecule has 1 fully saturated rings. The third kappa shape index (κ3) is 2.80. The summed E-state index contributed by atoms with van der Waals surface area (Å²) < 4.78 is 1.84. The van der Waals surface area contributed by atoms with Crippen LogP contribution in [0, 0.1) is 0 Å². The highest BCUT2D eigenvalue weighted by Gasteiger charge is 2.24. The summed E-state index contributed by atoms with van der Waals surface area (Å²) in [6, 6.07) is 0.186. The van der Waals surface area contributed by atoms with Gasteiger partial charge >= 0.3 is 0 Å². The lowest BCUT2D eigenvalue weighted by Crippen LogP contribution is -2.36. The van der Waals surface area contributed by atoms with Gasteiger partial charge in [-0.15, -0.1) is 0 Å². The van der Waals surface area contributed by atoms with Gasteiger partial charge in [-0.1, -0.05) is 26.7 Å². The van der Waals surface area contributed by atoms with E-state index in [1.165, 1.54) is 6.42 Å². The molecule has 1 aliphatic carbocycles. The Balaban J connectivity index is 2.11. The fraction of sp³-hybridized carbons (Fsp3) is 0.769. The van der Waals surface area contributed by atoms with Crippen molar-refractivity contribution in [2.45, 2.75) is 57.6 Å². The largest absolute Gasteiger partial charge is 0.391 e. The summed E-state index contributed by atoms with van der Waals surface area (Å²) in [5, 5.41) is 17.9. The van der Waals surface area contributed by atoms with Crippen molar-refractivity contribution in [3.05, 3.63) is 11.9 Å². The van der Waals surface area contributed by atoms with Crippen LogP contribution in [-0.2, 0) is 7.05 Å². The molecule has 1 aromatic rings. The Bertz CT molecular complexity index is 373. The van der Waals surface area contributed by atoms with Gasteiger partial charge in [-0.25, -0.2) is 0 Å². The Labute approximate surface area is 103 Å². The van der Waals surface area contributed by atoms with Crippen molar-refractivity contribution in [1.82, 2.24) is 9.78 Å². The fourth-order valence-corrected chi connectivity index (χ4v) is 2.52. The topological polar surface area (TPSA) is 50.1 Å². The molecular formula is C13H23N3O. The third-order valence-corrected chi connectivity index (χ3v) is 3.47. The number of hydrogen-bond acceptors (Lipinski definition) is 3.